The van der Waals surface area contributed by atoms with Gasteiger partial charge < -0.3 is 10.6 Å². The highest BCUT2D eigenvalue weighted by Gasteiger charge is 2.21. The number of benzene rings is 2. The Labute approximate surface area is 172 Å². The van der Waals surface area contributed by atoms with Gasteiger partial charge in [-0.3, -0.25) is 4.98 Å². The molecule has 146 valence electrons. The molecule has 28 heavy (non-hydrogen) atoms. The minimum Gasteiger partial charge on any atom is -0.382 e. The highest BCUT2D eigenvalue weighted by atomic mass is 35.5. The van der Waals surface area contributed by atoms with Gasteiger partial charge in [-0.1, -0.05) is 35.4 Å². The number of pyridine rings is 1. The maximum atomic E-state index is 6.10. The van der Waals surface area contributed by atoms with Crippen molar-refractivity contribution in [1.82, 2.24) is 10.3 Å². The largest absolute Gasteiger partial charge is 0.382 e. The maximum Gasteiger partial charge on any atom is 0.0737 e. The predicted octanol–water partition coefficient (Wildman–Crippen LogP) is 6.02. The van der Waals surface area contributed by atoms with E-state index >= 15 is 0 Å². The van der Waals surface area contributed by atoms with E-state index in [2.05, 4.69) is 59.8 Å². The van der Waals surface area contributed by atoms with Crippen LogP contribution in [-0.2, 0) is 6.54 Å². The van der Waals surface area contributed by atoms with Gasteiger partial charge in [-0.15, -0.1) is 0 Å². The van der Waals surface area contributed by atoms with Crippen LogP contribution in [-0.4, -0.2) is 17.1 Å². The van der Waals surface area contributed by atoms with Crippen LogP contribution in [0.15, 0.2) is 48.7 Å². The molecule has 0 saturated heterocycles. The second kappa shape index (κ2) is 8.50. The number of halogens is 1. The second-order valence-corrected chi connectivity index (χ2v) is 8.46. The summed E-state index contributed by atoms with van der Waals surface area (Å²) in [6, 6.07) is 15.8. The first kappa shape index (κ1) is 19.2. The van der Waals surface area contributed by atoms with Crippen LogP contribution >= 0.6 is 11.6 Å². The predicted molar refractivity (Wildman–Crippen MR) is 119 cm³/mol. The zero-order valence-corrected chi connectivity index (χ0v) is 17.4. The van der Waals surface area contributed by atoms with Crippen LogP contribution in [0.3, 0.4) is 0 Å². The Morgan fingerprint density at radius 3 is 2.57 bits per heavy atom. The third-order valence-corrected chi connectivity index (χ3v) is 6.11. The molecule has 3 nitrogen and oxygen atoms in total. The molecular formula is C24H28ClN3. The number of fused-ring (bicyclic) bond motifs is 1. The fraction of sp³-hybridized carbons (Fsp3) is 0.375. The molecule has 4 heteroatoms. The van der Waals surface area contributed by atoms with E-state index in [-0.39, 0.29) is 0 Å². The fourth-order valence-corrected chi connectivity index (χ4v) is 4.32. The van der Waals surface area contributed by atoms with Crippen molar-refractivity contribution in [1.29, 1.82) is 0 Å². The topological polar surface area (TPSA) is 37.0 Å². The van der Waals surface area contributed by atoms with Gasteiger partial charge in [-0.25, -0.2) is 0 Å². The van der Waals surface area contributed by atoms with Crippen LogP contribution in [0.2, 0.25) is 5.02 Å². The Morgan fingerprint density at radius 2 is 1.75 bits per heavy atom. The van der Waals surface area contributed by atoms with E-state index < -0.39 is 0 Å². The molecule has 3 aromatic rings. The van der Waals surface area contributed by atoms with Crippen molar-refractivity contribution in [3.63, 3.8) is 0 Å². The van der Waals surface area contributed by atoms with Crippen molar-refractivity contribution >= 4 is 28.2 Å². The molecule has 1 fully saturated rings. The van der Waals surface area contributed by atoms with E-state index in [1.54, 1.807) is 0 Å². The van der Waals surface area contributed by atoms with Gasteiger partial charge >= 0.3 is 0 Å². The van der Waals surface area contributed by atoms with Crippen LogP contribution in [0.5, 0.6) is 0 Å². The van der Waals surface area contributed by atoms with Gasteiger partial charge in [-0.2, -0.15) is 0 Å². The summed E-state index contributed by atoms with van der Waals surface area (Å²) in [6.45, 7) is 5.33. The summed E-state index contributed by atoms with van der Waals surface area (Å²) in [7, 11) is 0. The zero-order valence-electron chi connectivity index (χ0n) is 16.6. The Kier molecular flexibility index (Phi) is 5.84. The maximum absolute atomic E-state index is 6.10. The zero-order chi connectivity index (χ0) is 19.5. The molecule has 1 aromatic heterocycles. The van der Waals surface area contributed by atoms with Gasteiger partial charge in [-0.05, 0) is 74.9 Å². The smallest absolute Gasteiger partial charge is 0.0737 e. The molecule has 2 aromatic carbocycles. The molecule has 4 rings (SSSR count). The molecular weight excluding hydrogens is 366 g/mol. The molecule has 2 N–H and O–H groups in total. The monoisotopic (exact) mass is 393 g/mol. The van der Waals surface area contributed by atoms with E-state index in [4.69, 9.17) is 11.6 Å². The van der Waals surface area contributed by atoms with Gasteiger partial charge in [0.15, 0.2) is 0 Å². The quantitative estimate of drug-likeness (QED) is 0.556. The number of hydrogen-bond donors (Lipinski definition) is 2. The van der Waals surface area contributed by atoms with E-state index in [1.165, 1.54) is 42.4 Å². The van der Waals surface area contributed by atoms with Crippen LogP contribution in [0.25, 0.3) is 10.9 Å². The molecule has 1 aliphatic carbocycles. The average molecular weight is 394 g/mol. The molecule has 0 bridgehead atoms. The van der Waals surface area contributed by atoms with Crippen molar-refractivity contribution < 1.29 is 0 Å². The van der Waals surface area contributed by atoms with Crippen LogP contribution in [0.4, 0.5) is 5.69 Å². The van der Waals surface area contributed by atoms with Gasteiger partial charge in [0.05, 0.1) is 5.52 Å². The average Bonchev–Trinajstić information content (AvgIpc) is 2.70. The summed E-state index contributed by atoms with van der Waals surface area (Å²) in [4.78, 5) is 4.44. The molecule has 1 saturated carbocycles. The van der Waals surface area contributed by atoms with E-state index in [9.17, 15) is 0 Å². The van der Waals surface area contributed by atoms with Crippen LogP contribution in [0, 0.1) is 13.8 Å². The summed E-state index contributed by atoms with van der Waals surface area (Å²) < 4.78 is 0. The van der Waals surface area contributed by atoms with Gasteiger partial charge in [0.25, 0.3) is 0 Å². The Morgan fingerprint density at radius 1 is 0.964 bits per heavy atom. The molecule has 1 aliphatic rings. The van der Waals surface area contributed by atoms with Gasteiger partial charge in [0.1, 0.15) is 0 Å². The first-order valence-corrected chi connectivity index (χ1v) is 10.6. The molecule has 0 amide bonds. The van der Waals surface area contributed by atoms with E-state index in [1.807, 2.05) is 18.3 Å². The van der Waals surface area contributed by atoms with Crippen molar-refractivity contribution in [2.24, 2.45) is 0 Å². The molecule has 0 unspecified atom stereocenters. The van der Waals surface area contributed by atoms with Crippen LogP contribution < -0.4 is 10.6 Å². The van der Waals surface area contributed by atoms with E-state index in [0.29, 0.717) is 12.1 Å². The molecule has 0 atom stereocenters. The lowest BCUT2D eigenvalue weighted by atomic mass is 9.90. The van der Waals surface area contributed by atoms with Crippen molar-refractivity contribution in [2.75, 3.05) is 5.32 Å². The van der Waals surface area contributed by atoms with Gasteiger partial charge in [0, 0.05) is 40.9 Å². The molecule has 0 radical (unpaired) electrons. The standard InChI is InChI=1S/C24H28ClN3/c1-16-3-4-17(2)18(13-16)15-27-20-6-8-21(9-7-20)28-23-11-12-26-24-14-19(25)5-10-22(23)24/h3-5,10-14,20-21,27H,6-9,15H2,1-2H3,(H,26,28)/t20-,21+. The number of hydrogen-bond acceptors (Lipinski definition) is 3. The lowest BCUT2D eigenvalue weighted by Crippen LogP contribution is -2.36. The Bertz CT molecular complexity index is 961. The summed E-state index contributed by atoms with van der Waals surface area (Å²) >= 11 is 6.10. The first-order chi connectivity index (χ1) is 13.6. The highest BCUT2D eigenvalue weighted by Crippen LogP contribution is 2.28. The fourth-order valence-electron chi connectivity index (χ4n) is 4.15. The summed E-state index contributed by atoms with van der Waals surface area (Å²) in [5.74, 6) is 0. The number of aromatic nitrogens is 1. The van der Waals surface area contributed by atoms with Gasteiger partial charge in [0.2, 0.25) is 0 Å². The molecule has 0 aliphatic heterocycles. The van der Waals surface area contributed by atoms with Crippen molar-refractivity contribution in [2.45, 2.75) is 58.2 Å². The number of rotatable bonds is 5. The van der Waals surface area contributed by atoms with E-state index in [0.717, 1.165) is 28.2 Å². The summed E-state index contributed by atoms with van der Waals surface area (Å²) in [5, 5.41) is 9.39. The Hall–Kier alpha value is -2.10. The SMILES string of the molecule is Cc1ccc(C)c(CN[C@H]2CC[C@@H](Nc3ccnc4cc(Cl)ccc34)CC2)c1. The number of anilines is 1. The lowest BCUT2D eigenvalue weighted by Gasteiger charge is -2.31. The summed E-state index contributed by atoms with van der Waals surface area (Å²) in [5.41, 5.74) is 6.23. The van der Waals surface area contributed by atoms with Crippen molar-refractivity contribution in [3.05, 3.63) is 70.4 Å². The minimum atomic E-state index is 0.514. The Balaban J connectivity index is 1.33. The number of nitrogens with one attached hydrogen (secondary N) is 2. The third kappa shape index (κ3) is 4.48. The summed E-state index contributed by atoms with van der Waals surface area (Å²) in [6.07, 6.45) is 6.64. The lowest BCUT2D eigenvalue weighted by molar-refractivity contribution is 0.353. The number of aryl methyl sites for hydroxylation is 2. The second-order valence-electron chi connectivity index (χ2n) is 8.02. The minimum absolute atomic E-state index is 0.514. The third-order valence-electron chi connectivity index (χ3n) is 5.88. The van der Waals surface area contributed by atoms with Crippen molar-refractivity contribution in [3.8, 4) is 0 Å². The normalized spacial score (nSPS) is 19.7. The molecule has 1 heterocycles. The number of nitrogens with zero attached hydrogens (tertiary/aromatic N) is 1. The van der Waals surface area contributed by atoms with Crippen LogP contribution in [0.1, 0.15) is 42.4 Å². The highest BCUT2D eigenvalue weighted by molar-refractivity contribution is 6.31. The molecule has 0 spiro atoms. The first-order valence-electron chi connectivity index (χ1n) is 10.2.